The van der Waals surface area contributed by atoms with Gasteiger partial charge in [0, 0.05) is 32.5 Å². The maximum absolute atomic E-state index is 13.8. The molecule has 208 valence electrons. The van der Waals surface area contributed by atoms with Gasteiger partial charge in [-0.3, -0.25) is 0 Å². The Morgan fingerprint density at radius 2 is 1.82 bits per heavy atom. The molecule has 1 saturated heterocycles. The van der Waals surface area contributed by atoms with Gasteiger partial charge in [-0.1, -0.05) is 17.2 Å². The van der Waals surface area contributed by atoms with Crippen LogP contribution in [0.4, 0.5) is 38.3 Å². The van der Waals surface area contributed by atoms with Crippen molar-refractivity contribution < 1.29 is 30.8 Å². The zero-order valence-corrected chi connectivity index (χ0v) is 20.8. The monoisotopic (exact) mass is 553 g/mol. The molecular weight excluding hydrogens is 528 g/mol. The first-order chi connectivity index (χ1) is 18.4. The van der Waals surface area contributed by atoms with E-state index in [0.717, 1.165) is 36.3 Å². The second-order valence-corrected chi connectivity index (χ2v) is 11.2. The summed E-state index contributed by atoms with van der Waals surface area (Å²) in [7, 11) is 0. The Bertz CT molecular complexity index is 1400. The van der Waals surface area contributed by atoms with Gasteiger partial charge in [0.1, 0.15) is 11.9 Å². The van der Waals surface area contributed by atoms with Gasteiger partial charge < -0.3 is 14.6 Å². The molecule has 7 rings (SSSR count). The van der Waals surface area contributed by atoms with E-state index < -0.39 is 29.9 Å². The van der Waals surface area contributed by atoms with Crippen molar-refractivity contribution in [1.82, 2.24) is 25.0 Å². The molecule has 4 heterocycles. The molecule has 8 nitrogen and oxygen atoms in total. The van der Waals surface area contributed by atoms with Gasteiger partial charge in [0.05, 0.1) is 5.56 Å². The molecule has 2 aliphatic carbocycles. The molecule has 1 aromatic carbocycles. The molecular formula is C25H25F6N7O. The zero-order valence-electron chi connectivity index (χ0n) is 20.8. The highest BCUT2D eigenvalue weighted by molar-refractivity contribution is 5.40. The van der Waals surface area contributed by atoms with Gasteiger partial charge in [-0.25, -0.2) is 4.68 Å². The number of benzene rings is 1. The number of halogens is 6. The predicted octanol–water partition coefficient (Wildman–Crippen LogP) is 5.20. The van der Waals surface area contributed by atoms with Crippen molar-refractivity contribution in [3.63, 3.8) is 0 Å². The summed E-state index contributed by atoms with van der Waals surface area (Å²) in [6.07, 6.45) is -8.05. The molecule has 0 amide bonds. The van der Waals surface area contributed by atoms with Crippen LogP contribution >= 0.6 is 0 Å². The van der Waals surface area contributed by atoms with Gasteiger partial charge >= 0.3 is 18.4 Å². The van der Waals surface area contributed by atoms with E-state index in [1.807, 2.05) is 0 Å². The topological polar surface area (TPSA) is 84.9 Å². The standard InChI is InChI=1S/C25H25F6N7O/c1-12-34-35-22(39-12)37-10-18-16(17-8-23(17,18)11-37)9-32-21-33-20-15(6-7-19(25(29,30)31)38(20)36-21)13-2-4-14(5-3-13)24(26,27)28/h2-5,15-19H,6-11H2,1H3,(H,32,36)/t15?,16?,17?,18-,19?,23?/m0/s1. The Morgan fingerprint density at radius 1 is 1.05 bits per heavy atom. The molecule has 39 heavy (non-hydrogen) atoms. The summed E-state index contributed by atoms with van der Waals surface area (Å²) in [5, 5.41) is 15.4. The molecule has 6 atom stereocenters. The van der Waals surface area contributed by atoms with E-state index in [-0.39, 0.29) is 30.0 Å². The van der Waals surface area contributed by atoms with Crippen LogP contribution in [0, 0.1) is 30.1 Å². The number of nitrogens with zero attached hydrogens (tertiary/aromatic N) is 6. The number of nitrogens with one attached hydrogen (secondary N) is 1. The molecule has 2 aromatic heterocycles. The molecule has 4 aliphatic rings. The number of alkyl halides is 6. The Morgan fingerprint density at radius 3 is 2.49 bits per heavy atom. The van der Waals surface area contributed by atoms with Crippen molar-refractivity contribution in [2.75, 3.05) is 29.9 Å². The van der Waals surface area contributed by atoms with Gasteiger partial charge in [-0.15, -0.1) is 10.2 Å². The van der Waals surface area contributed by atoms with Crippen molar-refractivity contribution in [3.05, 3.63) is 47.1 Å². The highest BCUT2D eigenvalue weighted by Crippen LogP contribution is 2.76. The normalized spacial score (nSPS) is 31.4. The van der Waals surface area contributed by atoms with Crippen molar-refractivity contribution in [1.29, 1.82) is 0 Å². The first-order valence-corrected chi connectivity index (χ1v) is 12.9. The van der Waals surface area contributed by atoms with Crippen LogP contribution in [0.2, 0.25) is 0 Å². The lowest BCUT2D eigenvalue weighted by atomic mass is 9.66. The zero-order chi connectivity index (χ0) is 27.3. The van der Waals surface area contributed by atoms with E-state index in [9.17, 15) is 26.3 Å². The summed E-state index contributed by atoms with van der Waals surface area (Å²) in [5.41, 5.74) is -0.0896. The number of hydrogen-bond donors (Lipinski definition) is 1. The van der Waals surface area contributed by atoms with Crippen LogP contribution in [0.15, 0.2) is 28.7 Å². The largest absolute Gasteiger partial charge is 0.416 e. The van der Waals surface area contributed by atoms with Gasteiger partial charge in [-0.05, 0) is 60.1 Å². The van der Waals surface area contributed by atoms with E-state index in [1.54, 1.807) is 6.92 Å². The first kappa shape index (κ1) is 24.7. The Kier molecular flexibility index (Phi) is 5.13. The quantitative estimate of drug-likeness (QED) is 0.435. The average molecular weight is 554 g/mol. The van der Waals surface area contributed by atoms with Crippen LogP contribution in [0.1, 0.15) is 54.1 Å². The molecule has 3 aromatic rings. The third-order valence-electron chi connectivity index (χ3n) is 9.15. The molecule has 14 heteroatoms. The van der Waals surface area contributed by atoms with Crippen LogP contribution in [0.3, 0.4) is 0 Å². The van der Waals surface area contributed by atoms with Crippen LogP contribution in [-0.4, -0.2) is 50.8 Å². The second-order valence-electron chi connectivity index (χ2n) is 11.2. The average Bonchev–Trinajstić information content (AvgIpc) is 3.21. The van der Waals surface area contributed by atoms with Gasteiger partial charge in [0.2, 0.25) is 11.8 Å². The number of rotatable bonds is 5. The smallest absolute Gasteiger partial charge is 0.408 e. The Hall–Kier alpha value is -3.32. The fourth-order valence-corrected chi connectivity index (χ4v) is 7.25. The van der Waals surface area contributed by atoms with E-state index in [4.69, 9.17) is 4.42 Å². The molecule has 5 unspecified atom stereocenters. The summed E-state index contributed by atoms with van der Waals surface area (Å²) in [6, 6.07) is 3.21. The fraction of sp³-hybridized carbons (Fsp3) is 0.600. The first-order valence-electron chi connectivity index (χ1n) is 12.9. The van der Waals surface area contributed by atoms with E-state index in [1.165, 1.54) is 12.1 Å². The van der Waals surface area contributed by atoms with Crippen molar-refractivity contribution in [3.8, 4) is 0 Å². The van der Waals surface area contributed by atoms with Crippen LogP contribution in [0.25, 0.3) is 0 Å². The molecule has 1 spiro atoms. The van der Waals surface area contributed by atoms with Gasteiger partial charge in [0.25, 0.3) is 0 Å². The van der Waals surface area contributed by atoms with E-state index in [0.29, 0.717) is 41.8 Å². The third-order valence-corrected chi connectivity index (χ3v) is 9.15. The lowest BCUT2D eigenvalue weighted by molar-refractivity contribution is -0.175. The van der Waals surface area contributed by atoms with Crippen molar-refractivity contribution in [2.45, 2.75) is 50.5 Å². The van der Waals surface area contributed by atoms with Crippen molar-refractivity contribution in [2.24, 2.45) is 23.2 Å². The van der Waals surface area contributed by atoms with E-state index in [2.05, 4.69) is 30.5 Å². The molecule has 2 saturated carbocycles. The highest BCUT2D eigenvalue weighted by Gasteiger charge is 2.76. The minimum Gasteiger partial charge on any atom is -0.408 e. The molecule has 2 aliphatic heterocycles. The number of aryl methyl sites for hydroxylation is 1. The maximum atomic E-state index is 13.8. The lowest BCUT2D eigenvalue weighted by Crippen LogP contribution is -2.41. The number of fused-ring (bicyclic) bond motifs is 1. The second kappa shape index (κ2) is 8.10. The molecule has 3 fully saturated rings. The SMILES string of the molecule is Cc1nnc(N2C[C@H]3C(CNc4nc5n(n4)C(C(F)(F)F)CCC5c4ccc(C(F)(F)F)cc4)C4CC43C2)o1. The lowest BCUT2D eigenvalue weighted by Gasteiger charge is -2.38. The fourth-order valence-electron chi connectivity index (χ4n) is 7.25. The summed E-state index contributed by atoms with van der Waals surface area (Å²) in [5.74, 6) is 1.39. The van der Waals surface area contributed by atoms with Crippen LogP contribution < -0.4 is 10.2 Å². The Labute approximate surface area is 218 Å². The van der Waals surface area contributed by atoms with Gasteiger partial charge in [0.15, 0.2) is 0 Å². The maximum Gasteiger partial charge on any atom is 0.416 e. The molecule has 0 radical (unpaired) electrons. The van der Waals surface area contributed by atoms with Crippen molar-refractivity contribution >= 4 is 12.0 Å². The summed E-state index contributed by atoms with van der Waals surface area (Å²) in [6.45, 7) is 3.91. The summed E-state index contributed by atoms with van der Waals surface area (Å²) in [4.78, 5) is 6.55. The number of aromatic nitrogens is 5. The molecule has 0 bridgehead atoms. The summed E-state index contributed by atoms with van der Waals surface area (Å²) >= 11 is 0. The number of anilines is 2. The van der Waals surface area contributed by atoms with Gasteiger partial charge in [-0.2, -0.15) is 31.3 Å². The van der Waals surface area contributed by atoms with Crippen LogP contribution in [0.5, 0.6) is 0 Å². The minimum atomic E-state index is -4.52. The highest BCUT2D eigenvalue weighted by atomic mass is 19.4. The summed E-state index contributed by atoms with van der Waals surface area (Å²) < 4.78 is 87.1. The van der Waals surface area contributed by atoms with Crippen LogP contribution in [-0.2, 0) is 6.18 Å². The van der Waals surface area contributed by atoms with E-state index >= 15 is 0 Å². The molecule has 1 N–H and O–H groups in total. The third kappa shape index (κ3) is 3.88. The minimum absolute atomic E-state index is 0.105. The predicted molar refractivity (Wildman–Crippen MR) is 125 cm³/mol. The Balaban J connectivity index is 1.09. The number of hydrogen-bond acceptors (Lipinski definition) is 7.